The number of carbonyl (C=O) groups is 3. The van der Waals surface area contributed by atoms with Crippen molar-refractivity contribution in [3.63, 3.8) is 0 Å². The third kappa shape index (κ3) is 5.45. The number of fused-ring (bicyclic) bond motifs is 1. The predicted octanol–water partition coefficient (Wildman–Crippen LogP) is 2.42. The van der Waals surface area contributed by atoms with Crippen LogP contribution in [0.15, 0.2) is 85.3 Å². The zero-order valence-corrected chi connectivity index (χ0v) is 23.4. The van der Waals surface area contributed by atoms with Gasteiger partial charge in [0.1, 0.15) is 18.1 Å². The molecule has 10 nitrogen and oxygen atoms in total. The molecule has 10 heteroatoms. The Balaban J connectivity index is 1.17. The number of para-hydroxylation sites is 1. The number of nitrogens with one attached hydrogen (secondary N) is 2. The zero-order valence-electron chi connectivity index (χ0n) is 23.4. The second-order valence-corrected chi connectivity index (χ2v) is 11.2. The van der Waals surface area contributed by atoms with Crippen LogP contribution in [0.5, 0.6) is 0 Å². The van der Waals surface area contributed by atoms with Gasteiger partial charge in [-0.15, -0.1) is 0 Å². The van der Waals surface area contributed by atoms with Gasteiger partial charge in [0.2, 0.25) is 17.7 Å². The number of imidazole rings is 1. The molecule has 1 atom stereocenters. The van der Waals surface area contributed by atoms with Gasteiger partial charge in [-0.05, 0) is 41.3 Å². The number of aromatic amines is 1. The summed E-state index contributed by atoms with van der Waals surface area (Å²) in [6, 6.07) is 23.8. The van der Waals surface area contributed by atoms with Crippen molar-refractivity contribution in [1.82, 2.24) is 25.1 Å². The van der Waals surface area contributed by atoms with Crippen molar-refractivity contribution < 1.29 is 14.4 Å². The quantitative estimate of drug-likeness (QED) is 0.286. The lowest BCUT2D eigenvalue weighted by atomic mass is 9.85. The average Bonchev–Trinajstić information content (AvgIpc) is 3.61. The van der Waals surface area contributed by atoms with Crippen LogP contribution in [0.3, 0.4) is 0 Å². The fourth-order valence-corrected chi connectivity index (χ4v) is 6.33. The monoisotopic (exact) mass is 565 g/mol. The van der Waals surface area contributed by atoms with Gasteiger partial charge in [0.25, 0.3) is 0 Å². The van der Waals surface area contributed by atoms with Gasteiger partial charge in [-0.1, -0.05) is 60.7 Å². The Morgan fingerprint density at radius 1 is 1.00 bits per heavy atom. The summed E-state index contributed by atoms with van der Waals surface area (Å²) < 4.78 is 0. The molecule has 3 aromatic carbocycles. The Morgan fingerprint density at radius 3 is 2.48 bits per heavy atom. The molecule has 1 aromatic heterocycles. The summed E-state index contributed by atoms with van der Waals surface area (Å²) in [7, 11) is 0. The van der Waals surface area contributed by atoms with Crippen LogP contribution in [0.1, 0.15) is 24.1 Å². The Kier molecular flexibility index (Phi) is 7.62. The summed E-state index contributed by atoms with van der Waals surface area (Å²) >= 11 is 0. The smallest absolute Gasteiger partial charge is 0.250 e. The molecule has 3 heterocycles. The summed E-state index contributed by atoms with van der Waals surface area (Å²) in [5.41, 5.74) is 7.73. The first-order valence-electron chi connectivity index (χ1n) is 14.3. The molecular weight excluding hydrogens is 530 g/mol. The minimum Gasteiger partial charge on any atom is -0.368 e. The Labute approximate surface area is 244 Å². The van der Waals surface area contributed by atoms with E-state index in [1.54, 1.807) is 11.1 Å². The molecule has 4 aromatic rings. The van der Waals surface area contributed by atoms with E-state index in [9.17, 15) is 14.4 Å². The first-order chi connectivity index (χ1) is 20.4. The van der Waals surface area contributed by atoms with E-state index in [2.05, 4.69) is 67.5 Å². The van der Waals surface area contributed by atoms with E-state index >= 15 is 0 Å². The first kappa shape index (κ1) is 27.5. The molecular formula is C32H35N7O3. The number of rotatable bonds is 9. The van der Waals surface area contributed by atoms with E-state index < -0.39 is 23.4 Å². The van der Waals surface area contributed by atoms with Crippen molar-refractivity contribution >= 4 is 34.2 Å². The molecule has 0 radical (unpaired) electrons. The van der Waals surface area contributed by atoms with Gasteiger partial charge >= 0.3 is 0 Å². The Hall–Kier alpha value is -4.70. The molecule has 0 unspecified atom stereocenters. The van der Waals surface area contributed by atoms with Gasteiger partial charge in [-0.3, -0.25) is 19.3 Å². The van der Waals surface area contributed by atoms with Crippen LogP contribution in [0, 0.1) is 0 Å². The fourth-order valence-electron chi connectivity index (χ4n) is 6.33. The molecule has 2 saturated heterocycles. The van der Waals surface area contributed by atoms with E-state index in [0.29, 0.717) is 25.2 Å². The summed E-state index contributed by atoms with van der Waals surface area (Å²) in [5, 5.41) is 5.19. The number of anilines is 1. The van der Waals surface area contributed by atoms with E-state index in [0.717, 1.165) is 25.3 Å². The van der Waals surface area contributed by atoms with Gasteiger partial charge in [0.15, 0.2) is 0 Å². The van der Waals surface area contributed by atoms with E-state index in [1.807, 2.05) is 30.3 Å². The van der Waals surface area contributed by atoms with Crippen molar-refractivity contribution in [3.8, 4) is 0 Å². The highest BCUT2D eigenvalue weighted by atomic mass is 16.2. The minimum absolute atomic E-state index is 0.0597. The molecule has 0 saturated carbocycles. The van der Waals surface area contributed by atoms with Crippen LogP contribution in [0.2, 0.25) is 0 Å². The van der Waals surface area contributed by atoms with Gasteiger partial charge < -0.3 is 25.8 Å². The molecule has 1 spiro atoms. The number of H-pyrrole nitrogens is 1. The molecule has 3 amide bonds. The predicted molar refractivity (Wildman–Crippen MR) is 160 cm³/mol. The summed E-state index contributed by atoms with van der Waals surface area (Å²) in [6.07, 6.45) is 4.58. The van der Waals surface area contributed by atoms with Crippen molar-refractivity contribution in [1.29, 1.82) is 0 Å². The Morgan fingerprint density at radius 2 is 1.74 bits per heavy atom. The third-order valence-electron chi connectivity index (χ3n) is 8.53. The van der Waals surface area contributed by atoms with Gasteiger partial charge in [0.05, 0.1) is 13.0 Å². The topological polar surface area (TPSA) is 128 Å². The maximum Gasteiger partial charge on any atom is 0.250 e. The van der Waals surface area contributed by atoms with Crippen LogP contribution in [-0.2, 0) is 27.3 Å². The number of carbonyl (C=O) groups excluding carboxylic acids is 3. The largest absolute Gasteiger partial charge is 0.368 e. The molecule has 0 bridgehead atoms. The highest BCUT2D eigenvalue weighted by molar-refractivity contribution is 5.97. The van der Waals surface area contributed by atoms with Crippen molar-refractivity contribution in [2.45, 2.75) is 37.4 Å². The van der Waals surface area contributed by atoms with Crippen LogP contribution in [0.4, 0.5) is 5.69 Å². The maximum atomic E-state index is 14.1. The number of hydrogen-bond acceptors (Lipinski definition) is 6. The van der Waals surface area contributed by atoms with Crippen molar-refractivity contribution in [3.05, 3.63) is 96.6 Å². The number of amides is 3. The fraction of sp³-hybridized carbons (Fsp3) is 0.312. The lowest BCUT2D eigenvalue weighted by Gasteiger charge is -2.43. The molecule has 2 aliphatic heterocycles. The Bertz CT molecular complexity index is 1560. The number of nitrogens with two attached hydrogens (primary N) is 1. The number of nitrogens with zero attached hydrogens (tertiary/aromatic N) is 4. The van der Waals surface area contributed by atoms with E-state index in [-0.39, 0.29) is 18.9 Å². The lowest BCUT2D eigenvalue weighted by molar-refractivity contribution is -0.137. The van der Waals surface area contributed by atoms with Gasteiger partial charge in [-0.2, -0.15) is 0 Å². The molecule has 2 aliphatic rings. The maximum absolute atomic E-state index is 14.1. The standard InChI is InChI=1S/C32H35N7O3/c33-30(41)28(17-25-18-34-21-35-25)36-29(40)20-38-22-39(26-10-2-1-3-11-26)32(31(38)42)13-15-37(16-14-32)19-24-9-6-8-23-7-4-5-12-27(23)24/h1-12,18,21,28H,13-17,19-20,22H2,(H2,33,41)(H,34,35)(H,36,40)/t28-/m0/s1. The number of hydrogen-bond donors (Lipinski definition) is 3. The number of benzene rings is 3. The second-order valence-electron chi connectivity index (χ2n) is 11.2. The summed E-state index contributed by atoms with van der Waals surface area (Å²) in [4.78, 5) is 52.3. The van der Waals surface area contributed by atoms with Crippen LogP contribution in [-0.4, -0.2) is 75.4 Å². The molecule has 2 fully saturated rings. The van der Waals surface area contributed by atoms with Crippen molar-refractivity contribution in [2.24, 2.45) is 5.73 Å². The van der Waals surface area contributed by atoms with E-state index in [4.69, 9.17) is 5.73 Å². The number of piperidine rings is 1. The zero-order chi connectivity index (χ0) is 29.1. The van der Waals surface area contributed by atoms with Crippen LogP contribution >= 0.6 is 0 Å². The molecule has 4 N–H and O–H groups in total. The minimum atomic E-state index is -0.910. The number of primary amides is 1. The van der Waals surface area contributed by atoms with E-state index in [1.165, 1.54) is 22.7 Å². The van der Waals surface area contributed by atoms with Crippen molar-refractivity contribution in [2.75, 3.05) is 31.2 Å². The molecule has 42 heavy (non-hydrogen) atoms. The normalized spacial score (nSPS) is 17.6. The van der Waals surface area contributed by atoms with Crippen LogP contribution in [0.25, 0.3) is 10.8 Å². The number of likely N-dealkylation sites (tertiary alicyclic amines) is 1. The SMILES string of the molecule is NC(=O)[C@H](Cc1cnc[nH]1)NC(=O)CN1CN(c2ccccc2)C2(CCN(Cc3cccc4ccccc34)CC2)C1=O. The highest BCUT2D eigenvalue weighted by Gasteiger charge is 2.54. The third-order valence-corrected chi connectivity index (χ3v) is 8.53. The molecule has 0 aliphatic carbocycles. The summed E-state index contributed by atoms with van der Waals surface area (Å²) in [5.74, 6) is -1.13. The lowest BCUT2D eigenvalue weighted by Crippen LogP contribution is -2.56. The molecule has 216 valence electrons. The van der Waals surface area contributed by atoms with Crippen LogP contribution < -0.4 is 16.0 Å². The second kappa shape index (κ2) is 11.7. The molecule has 6 rings (SSSR count). The number of aromatic nitrogens is 2. The van der Waals surface area contributed by atoms with Gasteiger partial charge in [-0.25, -0.2) is 4.98 Å². The summed E-state index contributed by atoms with van der Waals surface area (Å²) in [6.45, 7) is 2.46. The van der Waals surface area contributed by atoms with Gasteiger partial charge in [0, 0.05) is 43.6 Å². The average molecular weight is 566 g/mol. The highest BCUT2D eigenvalue weighted by Crippen LogP contribution is 2.40. The first-order valence-corrected chi connectivity index (χ1v) is 14.3.